The first-order chi connectivity index (χ1) is 9.83. The molecule has 9 heteroatoms. The lowest BCUT2D eigenvalue weighted by Gasteiger charge is -2.39. The molecule has 2 bridgehead atoms. The Bertz CT molecular complexity index is 531. The van der Waals surface area contributed by atoms with Gasteiger partial charge in [-0.2, -0.15) is 18.3 Å². The normalized spacial score (nSPS) is 29.8. The standard InChI is InChI=1S/C12H15F3N4O2/c13-12(14,15)7-17-8-1-2-9(17)4-10(3-8)18-6-11(5-16-18)19(20)21/h5-6,8-10H,1-4,7H2/t8-,9?,10-/m0/s1. The summed E-state index contributed by atoms with van der Waals surface area (Å²) in [5.41, 5.74) is -0.0833. The van der Waals surface area contributed by atoms with Crippen molar-refractivity contribution in [3.8, 4) is 0 Å². The smallest absolute Gasteiger partial charge is 0.289 e. The van der Waals surface area contributed by atoms with Crippen molar-refractivity contribution in [1.29, 1.82) is 0 Å². The lowest BCUT2D eigenvalue weighted by atomic mass is 9.97. The van der Waals surface area contributed by atoms with Crippen LogP contribution in [0.4, 0.5) is 18.9 Å². The second kappa shape index (κ2) is 4.97. The molecule has 21 heavy (non-hydrogen) atoms. The number of rotatable bonds is 3. The van der Waals surface area contributed by atoms with Gasteiger partial charge in [-0.15, -0.1) is 0 Å². The summed E-state index contributed by atoms with van der Waals surface area (Å²) >= 11 is 0. The fourth-order valence-corrected chi connectivity index (χ4v) is 3.55. The molecule has 0 saturated carbocycles. The number of hydrogen-bond donors (Lipinski definition) is 0. The van der Waals surface area contributed by atoms with Crippen molar-refractivity contribution in [3.63, 3.8) is 0 Å². The maximum atomic E-state index is 12.6. The predicted molar refractivity (Wildman–Crippen MR) is 66.7 cm³/mol. The van der Waals surface area contributed by atoms with Crippen molar-refractivity contribution in [2.24, 2.45) is 0 Å². The van der Waals surface area contributed by atoms with Crippen LogP contribution in [0.15, 0.2) is 12.4 Å². The van der Waals surface area contributed by atoms with E-state index < -0.39 is 17.6 Å². The van der Waals surface area contributed by atoms with Crippen molar-refractivity contribution in [2.45, 2.75) is 50.0 Å². The number of halogens is 3. The van der Waals surface area contributed by atoms with Gasteiger partial charge in [-0.1, -0.05) is 0 Å². The number of alkyl halides is 3. The lowest BCUT2D eigenvalue weighted by Crippen LogP contribution is -2.47. The maximum Gasteiger partial charge on any atom is 0.401 e. The monoisotopic (exact) mass is 304 g/mol. The van der Waals surface area contributed by atoms with E-state index in [1.54, 1.807) is 0 Å². The van der Waals surface area contributed by atoms with Crippen LogP contribution in [-0.4, -0.2) is 44.4 Å². The molecule has 2 saturated heterocycles. The van der Waals surface area contributed by atoms with Gasteiger partial charge in [0, 0.05) is 12.1 Å². The van der Waals surface area contributed by atoms with Gasteiger partial charge < -0.3 is 0 Å². The maximum absolute atomic E-state index is 12.6. The summed E-state index contributed by atoms with van der Waals surface area (Å²) in [6.45, 7) is -0.867. The Morgan fingerprint density at radius 3 is 2.38 bits per heavy atom. The van der Waals surface area contributed by atoms with E-state index in [9.17, 15) is 23.3 Å². The average molecular weight is 304 g/mol. The molecular weight excluding hydrogens is 289 g/mol. The van der Waals surface area contributed by atoms with Crippen LogP contribution in [0.3, 0.4) is 0 Å². The molecule has 2 aliphatic heterocycles. The van der Waals surface area contributed by atoms with Gasteiger partial charge in [0.25, 0.3) is 0 Å². The highest BCUT2D eigenvalue weighted by Gasteiger charge is 2.46. The van der Waals surface area contributed by atoms with Crippen LogP contribution in [0.2, 0.25) is 0 Å². The highest BCUT2D eigenvalue weighted by Crippen LogP contribution is 2.42. The zero-order valence-corrected chi connectivity index (χ0v) is 11.2. The van der Waals surface area contributed by atoms with E-state index in [1.165, 1.54) is 22.0 Å². The summed E-state index contributed by atoms with van der Waals surface area (Å²) in [4.78, 5) is 11.7. The molecular formula is C12H15F3N4O2. The fourth-order valence-electron chi connectivity index (χ4n) is 3.55. The van der Waals surface area contributed by atoms with Crippen LogP contribution >= 0.6 is 0 Å². The average Bonchev–Trinajstić information content (AvgIpc) is 2.92. The zero-order valence-electron chi connectivity index (χ0n) is 11.2. The lowest BCUT2D eigenvalue weighted by molar-refractivity contribution is -0.385. The molecule has 1 unspecified atom stereocenters. The summed E-state index contributed by atoms with van der Waals surface area (Å²) < 4.78 is 39.3. The van der Waals surface area contributed by atoms with E-state index in [1.807, 2.05) is 0 Å². The van der Waals surface area contributed by atoms with Crippen LogP contribution in [0.1, 0.15) is 31.7 Å². The van der Waals surface area contributed by atoms with Gasteiger partial charge in [0.1, 0.15) is 12.4 Å². The molecule has 0 aliphatic carbocycles. The Morgan fingerprint density at radius 2 is 1.90 bits per heavy atom. The summed E-state index contributed by atoms with van der Waals surface area (Å²) in [7, 11) is 0. The van der Waals surface area contributed by atoms with Gasteiger partial charge in [0.05, 0.1) is 17.5 Å². The summed E-state index contributed by atoms with van der Waals surface area (Å²) in [5.74, 6) is 0. The van der Waals surface area contributed by atoms with Gasteiger partial charge in [-0.05, 0) is 25.7 Å². The van der Waals surface area contributed by atoms with E-state index in [0.29, 0.717) is 12.8 Å². The molecule has 0 aromatic carbocycles. The SMILES string of the molecule is O=[N+]([O-])c1cnn([C@@H]2CC3CC[C@@H](C2)N3CC(F)(F)F)c1. The predicted octanol–water partition coefficient (Wildman–Crippen LogP) is 2.52. The van der Waals surface area contributed by atoms with Gasteiger partial charge in [0.2, 0.25) is 0 Å². The molecule has 1 aromatic rings. The topological polar surface area (TPSA) is 64.2 Å². The molecule has 0 radical (unpaired) electrons. The van der Waals surface area contributed by atoms with Crippen molar-refractivity contribution < 1.29 is 18.1 Å². The molecule has 3 atom stereocenters. The Kier molecular flexibility index (Phi) is 3.39. The molecule has 2 fully saturated rings. The number of aromatic nitrogens is 2. The molecule has 0 spiro atoms. The second-order valence-electron chi connectivity index (χ2n) is 5.73. The third-order valence-electron chi connectivity index (χ3n) is 4.39. The van der Waals surface area contributed by atoms with Crippen molar-refractivity contribution >= 4 is 5.69 Å². The molecule has 3 heterocycles. The third kappa shape index (κ3) is 2.87. The van der Waals surface area contributed by atoms with Crippen molar-refractivity contribution in [1.82, 2.24) is 14.7 Å². The van der Waals surface area contributed by atoms with Gasteiger partial charge in [-0.25, -0.2) is 0 Å². The van der Waals surface area contributed by atoms with E-state index in [2.05, 4.69) is 5.10 Å². The van der Waals surface area contributed by atoms with Gasteiger partial charge in [-0.3, -0.25) is 19.7 Å². The van der Waals surface area contributed by atoms with Crippen LogP contribution in [-0.2, 0) is 0 Å². The fraction of sp³-hybridized carbons (Fsp3) is 0.750. The molecule has 6 nitrogen and oxygen atoms in total. The molecule has 2 aliphatic rings. The summed E-state index contributed by atoms with van der Waals surface area (Å²) in [6, 6.07) is -0.280. The zero-order chi connectivity index (χ0) is 15.2. The van der Waals surface area contributed by atoms with Crippen LogP contribution in [0.25, 0.3) is 0 Å². The van der Waals surface area contributed by atoms with E-state index in [-0.39, 0.29) is 23.8 Å². The number of hydrogen-bond acceptors (Lipinski definition) is 4. The Hall–Kier alpha value is -1.64. The highest BCUT2D eigenvalue weighted by molar-refractivity contribution is 5.21. The minimum absolute atomic E-state index is 0.0549. The number of nitrogens with zero attached hydrogens (tertiary/aromatic N) is 4. The number of piperidine rings is 1. The minimum atomic E-state index is -4.18. The van der Waals surface area contributed by atoms with E-state index in [4.69, 9.17) is 0 Å². The Labute approximate surface area is 118 Å². The third-order valence-corrected chi connectivity index (χ3v) is 4.39. The van der Waals surface area contributed by atoms with Gasteiger partial charge in [0.15, 0.2) is 0 Å². The van der Waals surface area contributed by atoms with Gasteiger partial charge >= 0.3 is 11.9 Å². The first-order valence-electron chi connectivity index (χ1n) is 6.84. The summed E-state index contributed by atoms with van der Waals surface area (Å²) in [6.07, 6.45) is 0.990. The Morgan fingerprint density at radius 1 is 1.29 bits per heavy atom. The largest absolute Gasteiger partial charge is 0.401 e. The molecule has 116 valence electrons. The van der Waals surface area contributed by atoms with Crippen LogP contribution in [0, 0.1) is 10.1 Å². The van der Waals surface area contributed by atoms with Crippen LogP contribution < -0.4 is 0 Å². The Balaban J connectivity index is 1.71. The molecule has 1 aromatic heterocycles. The van der Waals surface area contributed by atoms with Crippen molar-refractivity contribution in [3.05, 3.63) is 22.5 Å². The second-order valence-corrected chi connectivity index (χ2v) is 5.73. The molecule has 0 N–H and O–H groups in total. The number of nitro groups is 1. The van der Waals surface area contributed by atoms with E-state index >= 15 is 0 Å². The van der Waals surface area contributed by atoms with E-state index in [0.717, 1.165) is 12.8 Å². The first-order valence-corrected chi connectivity index (χ1v) is 6.84. The van der Waals surface area contributed by atoms with Crippen molar-refractivity contribution in [2.75, 3.05) is 6.54 Å². The number of fused-ring (bicyclic) bond motifs is 2. The molecule has 0 amide bonds. The summed E-state index contributed by atoms with van der Waals surface area (Å²) in [5, 5.41) is 14.7. The molecule has 3 rings (SSSR count). The quantitative estimate of drug-likeness (QED) is 0.636. The first kappa shape index (κ1) is 14.3. The minimum Gasteiger partial charge on any atom is -0.289 e. The van der Waals surface area contributed by atoms with Crippen LogP contribution in [0.5, 0.6) is 0 Å². The highest BCUT2D eigenvalue weighted by atomic mass is 19.4.